The van der Waals surface area contributed by atoms with E-state index in [1.807, 2.05) is 35.2 Å². The Balaban J connectivity index is 1.93. The molecule has 122 valence electrons. The van der Waals surface area contributed by atoms with E-state index in [0.29, 0.717) is 19.4 Å². The van der Waals surface area contributed by atoms with E-state index in [0.717, 1.165) is 31.7 Å². The monoisotopic (exact) mass is 306 g/mol. The van der Waals surface area contributed by atoms with Gasteiger partial charge in [0.25, 0.3) is 5.91 Å². The minimum absolute atomic E-state index is 0.0399. The molecule has 0 aliphatic carbocycles. The average molecular weight is 306 g/mol. The fourth-order valence-electron chi connectivity index (χ4n) is 2.53. The molecule has 0 spiro atoms. The molecule has 1 aliphatic rings. The highest BCUT2D eigenvalue weighted by molar-refractivity contribution is 5.81. The number of hydrogen-bond donors (Lipinski definition) is 2. The standard InChI is InChI=1S/C17H26N2O3/c1-14(20)7-8-16(17(21)19-11-9-18-10-12-19)22-13-15-5-3-2-4-6-15/h2-6,14,16,18,20H,7-13H2,1H3. The van der Waals surface area contributed by atoms with Crippen LogP contribution in [0.2, 0.25) is 0 Å². The molecule has 1 amide bonds. The molecular formula is C17H26N2O3. The van der Waals surface area contributed by atoms with Gasteiger partial charge in [-0.1, -0.05) is 30.3 Å². The second kappa shape index (κ2) is 8.88. The van der Waals surface area contributed by atoms with Crippen molar-refractivity contribution in [2.75, 3.05) is 26.2 Å². The van der Waals surface area contributed by atoms with Gasteiger partial charge in [-0.05, 0) is 25.3 Å². The average Bonchev–Trinajstić information content (AvgIpc) is 2.56. The van der Waals surface area contributed by atoms with Crippen molar-refractivity contribution in [1.29, 1.82) is 0 Å². The molecule has 2 N–H and O–H groups in total. The second-order valence-corrected chi connectivity index (χ2v) is 5.79. The fourth-order valence-corrected chi connectivity index (χ4v) is 2.53. The van der Waals surface area contributed by atoms with Crippen LogP contribution >= 0.6 is 0 Å². The van der Waals surface area contributed by atoms with E-state index in [1.165, 1.54) is 0 Å². The molecule has 2 atom stereocenters. The van der Waals surface area contributed by atoms with Gasteiger partial charge in [0.05, 0.1) is 12.7 Å². The molecule has 1 heterocycles. The van der Waals surface area contributed by atoms with Crippen LogP contribution in [0.4, 0.5) is 0 Å². The zero-order valence-electron chi connectivity index (χ0n) is 13.2. The highest BCUT2D eigenvalue weighted by atomic mass is 16.5. The Morgan fingerprint density at radius 2 is 1.95 bits per heavy atom. The van der Waals surface area contributed by atoms with Crippen molar-refractivity contribution in [2.45, 2.75) is 38.6 Å². The second-order valence-electron chi connectivity index (χ2n) is 5.79. The molecule has 0 saturated carbocycles. The molecule has 22 heavy (non-hydrogen) atoms. The summed E-state index contributed by atoms with van der Waals surface area (Å²) in [6.07, 6.45) is 0.219. The van der Waals surface area contributed by atoms with Crippen molar-refractivity contribution in [3.05, 3.63) is 35.9 Å². The van der Waals surface area contributed by atoms with E-state index in [9.17, 15) is 9.90 Å². The Bertz CT molecular complexity index is 444. The van der Waals surface area contributed by atoms with Gasteiger partial charge in [0.15, 0.2) is 0 Å². The third-order valence-corrected chi connectivity index (χ3v) is 3.84. The normalized spacial score (nSPS) is 18.0. The summed E-state index contributed by atoms with van der Waals surface area (Å²) in [6, 6.07) is 9.85. The minimum atomic E-state index is -0.479. The minimum Gasteiger partial charge on any atom is -0.393 e. The van der Waals surface area contributed by atoms with Gasteiger partial charge in [-0.2, -0.15) is 0 Å². The van der Waals surface area contributed by atoms with Crippen LogP contribution in [-0.2, 0) is 16.1 Å². The number of rotatable bonds is 7. The zero-order valence-corrected chi connectivity index (χ0v) is 13.2. The number of ether oxygens (including phenoxy) is 1. The predicted molar refractivity (Wildman–Crippen MR) is 85.4 cm³/mol. The largest absolute Gasteiger partial charge is 0.393 e. The van der Waals surface area contributed by atoms with E-state index in [2.05, 4.69) is 5.32 Å². The summed E-state index contributed by atoms with van der Waals surface area (Å²) in [5.41, 5.74) is 1.05. The van der Waals surface area contributed by atoms with E-state index >= 15 is 0 Å². The topological polar surface area (TPSA) is 61.8 Å². The first-order chi connectivity index (χ1) is 10.7. The number of aliphatic hydroxyl groups excluding tert-OH is 1. The van der Waals surface area contributed by atoms with Crippen molar-refractivity contribution in [2.24, 2.45) is 0 Å². The number of nitrogens with one attached hydrogen (secondary N) is 1. The number of piperazine rings is 1. The van der Waals surface area contributed by atoms with Gasteiger partial charge in [0.2, 0.25) is 0 Å². The molecule has 5 nitrogen and oxygen atoms in total. The van der Waals surface area contributed by atoms with Gasteiger partial charge in [-0.15, -0.1) is 0 Å². The number of nitrogens with zero attached hydrogens (tertiary/aromatic N) is 1. The SMILES string of the molecule is CC(O)CCC(OCc1ccccc1)C(=O)N1CCNCC1. The first-order valence-corrected chi connectivity index (χ1v) is 8.00. The highest BCUT2D eigenvalue weighted by Gasteiger charge is 2.26. The zero-order chi connectivity index (χ0) is 15.8. The summed E-state index contributed by atoms with van der Waals surface area (Å²) >= 11 is 0. The summed E-state index contributed by atoms with van der Waals surface area (Å²) in [4.78, 5) is 14.5. The predicted octanol–water partition coefficient (Wildman–Crippen LogP) is 1.16. The van der Waals surface area contributed by atoms with Gasteiger partial charge in [0.1, 0.15) is 6.10 Å². The maximum absolute atomic E-state index is 12.6. The van der Waals surface area contributed by atoms with Crippen LogP contribution in [0.5, 0.6) is 0 Å². The molecular weight excluding hydrogens is 280 g/mol. The molecule has 1 aromatic carbocycles. The van der Waals surface area contributed by atoms with Crippen LogP contribution < -0.4 is 5.32 Å². The van der Waals surface area contributed by atoms with E-state index in [1.54, 1.807) is 6.92 Å². The Morgan fingerprint density at radius 1 is 1.27 bits per heavy atom. The quantitative estimate of drug-likeness (QED) is 0.794. The molecule has 0 bridgehead atoms. The molecule has 0 aromatic heterocycles. The number of amides is 1. The van der Waals surface area contributed by atoms with Gasteiger partial charge in [0, 0.05) is 26.2 Å². The molecule has 1 saturated heterocycles. The summed E-state index contributed by atoms with van der Waals surface area (Å²) in [5.74, 6) is 0.0399. The van der Waals surface area contributed by atoms with Gasteiger partial charge < -0.3 is 20.1 Å². The van der Waals surface area contributed by atoms with Crippen LogP contribution in [-0.4, -0.2) is 54.3 Å². The third-order valence-electron chi connectivity index (χ3n) is 3.84. The van der Waals surface area contributed by atoms with E-state index < -0.39 is 12.2 Å². The lowest BCUT2D eigenvalue weighted by molar-refractivity contribution is -0.146. The van der Waals surface area contributed by atoms with Crippen molar-refractivity contribution in [3.63, 3.8) is 0 Å². The van der Waals surface area contributed by atoms with Crippen molar-refractivity contribution in [3.8, 4) is 0 Å². The Hall–Kier alpha value is -1.43. The van der Waals surface area contributed by atoms with Gasteiger partial charge in [-0.25, -0.2) is 0 Å². The molecule has 5 heteroatoms. The highest BCUT2D eigenvalue weighted by Crippen LogP contribution is 2.13. The molecule has 1 fully saturated rings. The van der Waals surface area contributed by atoms with Gasteiger partial charge >= 0.3 is 0 Å². The van der Waals surface area contributed by atoms with Crippen molar-refractivity contribution in [1.82, 2.24) is 10.2 Å². The number of carbonyl (C=O) groups is 1. The summed E-state index contributed by atoms with van der Waals surface area (Å²) in [6.45, 7) is 5.26. The van der Waals surface area contributed by atoms with Crippen molar-refractivity contribution >= 4 is 5.91 Å². The first-order valence-electron chi connectivity index (χ1n) is 8.00. The molecule has 1 aromatic rings. The third kappa shape index (κ3) is 5.40. The van der Waals surface area contributed by atoms with Gasteiger partial charge in [-0.3, -0.25) is 4.79 Å². The summed E-state index contributed by atoms with van der Waals surface area (Å²) in [5, 5.41) is 12.7. The molecule has 0 radical (unpaired) electrons. The lowest BCUT2D eigenvalue weighted by Crippen LogP contribution is -2.50. The molecule has 2 unspecified atom stereocenters. The fraction of sp³-hybridized carbons (Fsp3) is 0.588. The maximum atomic E-state index is 12.6. The molecule has 2 rings (SSSR count). The van der Waals surface area contributed by atoms with Crippen LogP contribution in [0.25, 0.3) is 0 Å². The lowest BCUT2D eigenvalue weighted by atomic mass is 10.1. The molecule has 1 aliphatic heterocycles. The van der Waals surface area contributed by atoms with E-state index in [4.69, 9.17) is 4.74 Å². The van der Waals surface area contributed by atoms with Crippen LogP contribution in [0, 0.1) is 0 Å². The Morgan fingerprint density at radius 3 is 2.59 bits per heavy atom. The first kappa shape index (κ1) is 16.9. The van der Waals surface area contributed by atoms with Crippen LogP contribution in [0.1, 0.15) is 25.3 Å². The Labute approximate surface area is 132 Å². The number of hydrogen-bond acceptors (Lipinski definition) is 4. The van der Waals surface area contributed by atoms with Crippen LogP contribution in [0.3, 0.4) is 0 Å². The summed E-state index contributed by atoms with van der Waals surface area (Å²) in [7, 11) is 0. The lowest BCUT2D eigenvalue weighted by Gasteiger charge is -2.31. The summed E-state index contributed by atoms with van der Waals surface area (Å²) < 4.78 is 5.87. The van der Waals surface area contributed by atoms with E-state index in [-0.39, 0.29) is 5.91 Å². The number of aliphatic hydroxyl groups is 1. The van der Waals surface area contributed by atoms with Crippen molar-refractivity contribution < 1.29 is 14.6 Å². The maximum Gasteiger partial charge on any atom is 0.251 e. The smallest absolute Gasteiger partial charge is 0.251 e. The number of carbonyl (C=O) groups excluding carboxylic acids is 1. The Kier molecular flexibility index (Phi) is 6.83. The van der Waals surface area contributed by atoms with Crippen LogP contribution in [0.15, 0.2) is 30.3 Å². The number of benzene rings is 1.